The maximum Gasteiger partial charge on any atom is 0.348 e. The summed E-state index contributed by atoms with van der Waals surface area (Å²) in [5.41, 5.74) is 1.28. The van der Waals surface area contributed by atoms with Gasteiger partial charge < -0.3 is 9.84 Å². The largest absolute Gasteiger partial charge is 0.497 e. The van der Waals surface area contributed by atoms with Crippen LogP contribution in [0.5, 0.6) is 5.75 Å². The number of carboxylic acid groups (broad SMARTS) is 1. The topological polar surface area (TPSA) is 59.4 Å². The number of ether oxygens (including phenoxy) is 1. The third-order valence-corrected chi connectivity index (χ3v) is 4.02. The summed E-state index contributed by atoms with van der Waals surface area (Å²) in [6.45, 7) is 4.00. The van der Waals surface area contributed by atoms with E-state index in [-0.39, 0.29) is 10.8 Å². The quantitative estimate of drug-likeness (QED) is 0.926. The molecule has 1 heterocycles. The Balaban J connectivity index is 2.56. The molecule has 19 heavy (non-hydrogen) atoms. The van der Waals surface area contributed by atoms with Crippen LogP contribution < -0.4 is 4.74 Å². The highest BCUT2D eigenvalue weighted by Crippen LogP contribution is 2.33. The van der Waals surface area contributed by atoms with Crippen molar-refractivity contribution in [2.24, 2.45) is 0 Å². The summed E-state index contributed by atoms with van der Waals surface area (Å²) in [7, 11) is 1.58. The number of hydrogen-bond acceptors (Lipinski definition) is 4. The molecular formula is C14H15NO3S. The van der Waals surface area contributed by atoms with Gasteiger partial charge in [0.1, 0.15) is 10.6 Å². The fourth-order valence-electron chi connectivity index (χ4n) is 1.69. The van der Waals surface area contributed by atoms with E-state index in [1.54, 1.807) is 13.2 Å². The lowest BCUT2D eigenvalue weighted by Gasteiger charge is -2.03. The highest BCUT2D eigenvalue weighted by atomic mass is 32.1. The van der Waals surface area contributed by atoms with Crippen molar-refractivity contribution in [2.75, 3.05) is 7.11 Å². The summed E-state index contributed by atoms with van der Waals surface area (Å²) in [4.78, 5) is 16.1. The van der Waals surface area contributed by atoms with Crippen molar-refractivity contribution in [1.29, 1.82) is 0 Å². The molecule has 4 nitrogen and oxygen atoms in total. The van der Waals surface area contributed by atoms with Gasteiger partial charge in [0.15, 0.2) is 0 Å². The van der Waals surface area contributed by atoms with Crippen molar-refractivity contribution in [2.45, 2.75) is 19.8 Å². The van der Waals surface area contributed by atoms with Crippen molar-refractivity contribution in [3.05, 3.63) is 34.2 Å². The second kappa shape index (κ2) is 5.40. The highest BCUT2D eigenvalue weighted by molar-refractivity contribution is 7.14. The molecular weight excluding hydrogens is 262 g/mol. The van der Waals surface area contributed by atoms with Crippen LogP contribution in [0.3, 0.4) is 0 Å². The predicted molar refractivity (Wildman–Crippen MR) is 75.2 cm³/mol. The molecule has 1 aromatic heterocycles. The number of thiazole rings is 1. The fraction of sp³-hybridized carbons (Fsp3) is 0.286. The third-order valence-electron chi connectivity index (χ3n) is 2.68. The lowest BCUT2D eigenvalue weighted by Crippen LogP contribution is -1.95. The minimum absolute atomic E-state index is 0.211. The Morgan fingerprint density at radius 1 is 1.42 bits per heavy atom. The molecule has 1 aromatic carbocycles. The highest BCUT2D eigenvalue weighted by Gasteiger charge is 2.20. The van der Waals surface area contributed by atoms with Gasteiger partial charge in [-0.2, -0.15) is 0 Å². The van der Waals surface area contributed by atoms with Crippen LogP contribution in [0.25, 0.3) is 11.3 Å². The zero-order valence-electron chi connectivity index (χ0n) is 11.0. The van der Waals surface area contributed by atoms with Gasteiger partial charge in [-0.3, -0.25) is 0 Å². The first-order valence-corrected chi connectivity index (χ1v) is 6.73. The van der Waals surface area contributed by atoms with Gasteiger partial charge in [0, 0.05) is 11.5 Å². The lowest BCUT2D eigenvalue weighted by atomic mass is 10.1. The number of hydrogen-bond donors (Lipinski definition) is 1. The zero-order chi connectivity index (χ0) is 14.0. The van der Waals surface area contributed by atoms with Crippen LogP contribution in [-0.2, 0) is 0 Å². The molecule has 0 bridgehead atoms. The molecule has 100 valence electrons. The molecule has 1 N–H and O–H groups in total. The van der Waals surface area contributed by atoms with Crippen LogP contribution in [-0.4, -0.2) is 23.2 Å². The van der Waals surface area contributed by atoms with Gasteiger partial charge in [-0.25, -0.2) is 9.78 Å². The molecule has 0 saturated heterocycles. The second-order valence-corrected chi connectivity index (χ2v) is 5.45. The summed E-state index contributed by atoms with van der Waals surface area (Å²) < 4.78 is 5.16. The minimum Gasteiger partial charge on any atom is -0.497 e. The van der Waals surface area contributed by atoms with Gasteiger partial charge >= 0.3 is 5.97 Å². The molecule has 0 spiro atoms. The van der Waals surface area contributed by atoms with Gasteiger partial charge in [-0.1, -0.05) is 26.0 Å². The molecule has 0 unspecified atom stereocenters. The Labute approximate surface area is 115 Å². The monoisotopic (exact) mass is 277 g/mol. The Hall–Kier alpha value is -1.88. The van der Waals surface area contributed by atoms with Gasteiger partial charge in [0.05, 0.1) is 17.8 Å². The van der Waals surface area contributed by atoms with Crippen LogP contribution in [0.15, 0.2) is 24.3 Å². The number of benzene rings is 1. The Morgan fingerprint density at radius 2 is 2.16 bits per heavy atom. The lowest BCUT2D eigenvalue weighted by molar-refractivity contribution is 0.0702. The molecule has 0 radical (unpaired) electrons. The number of carboxylic acids is 1. The van der Waals surface area contributed by atoms with Gasteiger partial charge in [0.2, 0.25) is 0 Å². The van der Waals surface area contributed by atoms with E-state index in [1.807, 2.05) is 32.0 Å². The van der Waals surface area contributed by atoms with Crippen LogP contribution in [0.2, 0.25) is 0 Å². The number of nitrogens with zero attached hydrogens (tertiary/aromatic N) is 1. The smallest absolute Gasteiger partial charge is 0.348 e. The van der Waals surface area contributed by atoms with Gasteiger partial charge in [0.25, 0.3) is 0 Å². The van der Waals surface area contributed by atoms with E-state index in [1.165, 1.54) is 11.3 Å². The first-order valence-electron chi connectivity index (χ1n) is 5.91. The first-order chi connectivity index (χ1) is 9.02. The molecule has 0 aliphatic carbocycles. The maximum absolute atomic E-state index is 11.3. The number of rotatable bonds is 4. The Kier molecular flexibility index (Phi) is 3.85. The normalized spacial score (nSPS) is 10.7. The molecule has 0 aliphatic rings. The molecule has 5 heteroatoms. The Bertz CT molecular complexity index is 604. The number of methoxy groups -OCH3 is 1. The summed E-state index contributed by atoms with van der Waals surface area (Å²) in [6.07, 6.45) is 0. The maximum atomic E-state index is 11.3. The van der Waals surface area contributed by atoms with Crippen molar-refractivity contribution in [3.63, 3.8) is 0 Å². The average molecular weight is 277 g/mol. The number of aromatic nitrogens is 1. The third kappa shape index (κ3) is 2.76. The molecule has 0 fully saturated rings. The summed E-state index contributed by atoms with van der Waals surface area (Å²) >= 11 is 1.23. The first kappa shape index (κ1) is 13.5. The summed E-state index contributed by atoms with van der Waals surface area (Å²) in [5, 5.41) is 10.1. The molecule has 0 saturated carbocycles. The SMILES string of the molecule is COc1cccc(-c2nc(C(C)C)sc2C(=O)O)c1. The van der Waals surface area contributed by atoms with Crippen LogP contribution in [0.1, 0.15) is 34.4 Å². The second-order valence-electron chi connectivity index (χ2n) is 4.42. The van der Waals surface area contributed by atoms with Crippen LogP contribution in [0.4, 0.5) is 0 Å². The number of carbonyl (C=O) groups is 1. The van der Waals surface area contributed by atoms with Crippen molar-refractivity contribution in [3.8, 4) is 17.0 Å². The van der Waals surface area contributed by atoms with E-state index in [9.17, 15) is 9.90 Å². The number of aromatic carboxylic acids is 1. The Morgan fingerprint density at radius 3 is 2.74 bits per heavy atom. The predicted octanol–water partition coefficient (Wildman–Crippen LogP) is 3.64. The van der Waals surface area contributed by atoms with Gasteiger partial charge in [-0.15, -0.1) is 11.3 Å². The van der Waals surface area contributed by atoms with Crippen molar-refractivity contribution >= 4 is 17.3 Å². The molecule has 0 aliphatic heterocycles. The van der Waals surface area contributed by atoms with Crippen LogP contribution >= 0.6 is 11.3 Å². The molecule has 0 atom stereocenters. The molecule has 2 aromatic rings. The van der Waals surface area contributed by atoms with Crippen molar-refractivity contribution < 1.29 is 14.6 Å². The van der Waals surface area contributed by atoms with E-state index in [0.29, 0.717) is 11.4 Å². The van der Waals surface area contributed by atoms with E-state index >= 15 is 0 Å². The summed E-state index contributed by atoms with van der Waals surface area (Å²) in [6, 6.07) is 7.29. The average Bonchev–Trinajstić information content (AvgIpc) is 2.84. The zero-order valence-corrected chi connectivity index (χ0v) is 11.8. The van der Waals surface area contributed by atoms with Crippen LogP contribution in [0, 0.1) is 0 Å². The fourth-order valence-corrected chi connectivity index (χ4v) is 2.62. The van der Waals surface area contributed by atoms with E-state index in [2.05, 4.69) is 4.98 Å². The standard InChI is InChI=1S/C14H15NO3S/c1-8(2)13-15-11(12(19-13)14(16)17)9-5-4-6-10(7-9)18-3/h4-8H,1-3H3,(H,16,17). The van der Waals surface area contributed by atoms with Gasteiger partial charge in [-0.05, 0) is 12.1 Å². The minimum atomic E-state index is -0.942. The van der Waals surface area contributed by atoms with E-state index in [4.69, 9.17) is 4.74 Å². The van der Waals surface area contributed by atoms with Crippen molar-refractivity contribution in [1.82, 2.24) is 4.98 Å². The van der Waals surface area contributed by atoms with E-state index in [0.717, 1.165) is 10.6 Å². The van der Waals surface area contributed by atoms with E-state index < -0.39 is 5.97 Å². The molecule has 0 amide bonds. The summed E-state index contributed by atoms with van der Waals surface area (Å²) in [5.74, 6) is -0.0439. The molecule has 2 rings (SSSR count).